The second kappa shape index (κ2) is 5.74. The molecule has 0 bridgehead atoms. The third-order valence-electron chi connectivity index (χ3n) is 3.33. The third kappa shape index (κ3) is 2.91. The van der Waals surface area contributed by atoms with E-state index in [9.17, 15) is 9.59 Å². The van der Waals surface area contributed by atoms with E-state index in [0.29, 0.717) is 18.9 Å². The van der Waals surface area contributed by atoms with E-state index in [-0.39, 0.29) is 18.4 Å². The molecule has 1 aliphatic heterocycles. The molecule has 1 aliphatic rings. The van der Waals surface area contributed by atoms with Crippen molar-refractivity contribution in [1.29, 1.82) is 0 Å². The van der Waals surface area contributed by atoms with E-state index >= 15 is 0 Å². The van der Waals surface area contributed by atoms with Crippen LogP contribution in [0.4, 0.5) is 0 Å². The molecule has 2 aromatic rings. The quantitative estimate of drug-likeness (QED) is 0.874. The maximum Gasteiger partial charge on any atom is 0.250 e. The molecule has 2 amide bonds. The topological polar surface area (TPSA) is 88.3 Å². The van der Waals surface area contributed by atoms with Gasteiger partial charge in [-0.2, -0.15) is 4.98 Å². The Labute approximate surface area is 120 Å². The summed E-state index contributed by atoms with van der Waals surface area (Å²) in [6, 6.07) is 8.56. The molecule has 0 radical (unpaired) electrons. The number of nitrogens with one attached hydrogen (secondary N) is 1. The average Bonchev–Trinajstić information content (AvgIpc) is 3.02. The van der Waals surface area contributed by atoms with E-state index in [4.69, 9.17) is 4.52 Å². The van der Waals surface area contributed by atoms with E-state index in [1.165, 1.54) is 11.2 Å². The van der Waals surface area contributed by atoms with Crippen molar-refractivity contribution in [2.75, 3.05) is 13.1 Å². The van der Waals surface area contributed by atoms with Crippen molar-refractivity contribution in [2.24, 2.45) is 0 Å². The molecule has 7 heteroatoms. The molecule has 1 unspecified atom stereocenters. The van der Waals surface area contributed by atoms with Gasteiger partial charge in [-0.25, -0.2) is 0 Å². The fourth-order valence-corrected chi connectivity index (χ4v) is 2.30. The van der Waals surface area contributed by atoms with E-state index in [1.807, 2.05) is 30.3 Å². The molecule has 1 aromatic carbocycles. The molecule has 108 valence electrons. The smallest absolute Gasteiger partial charge is 0.250 e. The van der Waals surface area contributed by atoms with Gasteiger partial charge in [0.15, 0.2) is 6.33 Å². The molecule has 1 aromatic heterocycles. The summed E-state index contributed by atoms with van der Waals surface area (Å²) in [6.45, 7) is 0.425. The Kier molecular flexibility index (Phi) is 3.63. The summed E-state index contributed by atoms with van der Waals surface area (Å²) in [7, 11) is 0. The molecule has 1 atom stereocenters. The Hall–Kier alpha value is -2.70. The maximum atomic E-state index is 12.5. The fraction of sp³-hybridized carbons (Fsp3) is 0.286. The molecule has 1 N–H and O–H groups in total. The number of aromatic nitrogens is 2. The van der Waals surface area contributed by atoms with Crippen LogP contribution in [0.2, 0.25) is 0 Å². The number of nitrogens with zero attached hydrogens (tertiary/aromatic N) is 3. The Morgan fingerprint density at radius 2 is 2.10 bits per heavy atom. The molecule has 1 fully saturated rings. The average molecular weight is 286 g/mol. The van der Waals surface area contributed by atoms with Gasteiger partial charge in [-0.3, -0.25) is 9.59 Å². The first kappa shape index (κ1) is 13.3. The van der Waals surface area contributed by atoms with Gasteiger partial charge < -0.3 is 14.7 Å². The highest BCUT2D eigenvalue weighted by Gasteiger charge is 2.33. The van der Waals surface area contributed by atoms with Crippen LogP contribution in [0.3, 0.4) is 0 Å². The van der Waals surface area contributed by atoms with Crippen LogP contribution in [0, 0.1) is 0 Å². The Morgan fingerprint density at radius 3 is 2.81 bits per heavy atom. The zero-order valence-electron chi connectivity index (χ0n) is 11.2. The summed E-state index contributed by atoms with van der Waals surface area (Å²) in [4.78, 5) is 29.7. The molecule has 2 heterocycles. The van der Waals surface area contributed by atoms with Crippen LogP contribution in [-0.4, -0.2) is 39.9 Å². The minimum atomic E-state index is -0.630. The molecule has 3 rings (SSSR count). The molecular formula is C14H14N4O3. The lowest BCUT2D eigenvalue weighted by Gasteiger charge is -2.32. The summed E-state index contributed by atoms with van der Waals surface area (Å²) in [6.07, 6.45) is 1.74. The van der Waals surface area contributed by atoms with Crippen LogP contribution in [0.25, 0.3) is 0 Å². The monoisotopic (exact) mass is 286 g/mol. The van der Waals surface area contributed by atoms with Gasteiger partial charge in [-0.05, 0) is 5.56 Å². The zero-order chi connectivity index (χ0) is 14.7. The molecule has 0 spiro atoms. The van der Waals surface area contributed by atoms with E-state index in [2.05, 4.69) is 15.5 Å². The molecule has 0 aliphatic carbocycles. The first-order valence-corrected chi connectivity index (χ1v) is 6.62. The van der Waals surface area contributed by atoms with Gasteiger partial charge in [0, 0.05) is 13.0 Å². The first-order valence-electron chi connectivity index (χ1n) is 6.62. The van der Waals surface area contributed by atoms with Gasteiger partial charge in [0.05, 0.1) is 6.54 Å². The highest BCUT2D eigenvalue weighted by Crippen LogP contribution is 2.19. The molecule has 1 saturated heterocycles. The second-order valence-corrected chi connectivity index (χ2v) is 4.76. The van der Waals surface area contributed by atoms with Crippen LogP contribution in [0.15, 0.2) is 41.2 Å². The van der Waals surface area contributed by atoms with Crippen molar-refractivity contribution >= 4 is 11.8 Å². The number of carbonyl (C=O) groups excluding carboxylic acids is 2. The van der Waals surface area contributed by atoms with E-state index < -0.39 is 6.04 Å². The van der Waals surface area contributed by atoms with Crippen LogP contribution in [0.5, 0.6) is 0 Å². The number of hydrogen-bond acceptors (Lipinski definition) is 5. The Balaban J connectivity index is 1.72. The highest BCUT2D eigenvalue weighted by molar-refractivity contribution is 5.95. The van der Waals surface area contributed by atoms with Gasteiger partial charge in [0.2, 0.25) is 17.7 Å². The van der Waals surface area contributed by atoms with Gasteiger partial charge in [-0.15, -0.1) is 0 Å². The van der Waals surface area contributed by atoms with Gasteiger partial charge >= 0.3 is 0 Å². The number of piperazine rings is 1. The lowest BCUT2D eigenvalue weighted by molar-refractivity contribution is -0.144. The summed E-state index contributed by atoms with van der Waals surface area (Å²) in [5.41, 5.74) is 0.776. The van der Waals surface area contributed by atoms with E-state index in [0.717, 1.165) is 5.56 Å². The number of carbonyl (C=O) groups is 2. The Bertz CT molecular complexity index is 627. The third-order valence-corrected chi connectivity index (χ3v) is 3.33. The minimum Gasteiger partial charge on any atom is -0.340 e. The number of rotatable bonds is 4. The summed E-state index contributed by atoms with van der Waals surface area (Å²) >= 11 is 0. The summed E-state index contributed by atoms with van der Waals surface area (Å²) < 4.78 is 4.90. The number of hydrogen-bond donors (Lipinski definition) is 1. The SMILES string of the molecule is O=C1CN(CCc2ncno2)C(=O)C(c2ccccc2)N1. The maximum absolute atomic E-state index is 12.5. The van der Waals surface area contributed by atoms with Crippen molar-refractivity contribution in [3.63, 3.8) is 0 Å². The van der Waals surface area contributed by atoms with Crippen LogP contribution >= 0.6 is 0 Å². The molecule has 21 heavy (non-hydrogen) atoms. The standard InChI is InChI=1S/C14H14N4O3/c19-11-8-18(7-6-12-15-9-16-21-12)14(20)13(17-11)10-4-2-1-3-5-10/h1-5,9,13H,6-8H2,(H,17,19). The lowest BCUT2D eigenvalue weighted by atomic mass is 10.0. The molecule has 7 nitrogen and oxygen atoms in total. The first-order chi connectivity index (χ1) is 10.2. The van der Waals surface area contributed by atoms with Crippen molar-refractivity contribution in [2.45, 2.75) is 12.5 Å². The van der Waals surface area contributed by atoms with Crippen LogP contribution in [0.1, 0.15) is 17.5 Å². The van der Waals surface area contributed by atoms with Crippen LogP contribution in [-0.2, 0) is 16.0 Å². The normalized spacial score (nSPS) is 18.7. The number of benzene rings is 1. The van der Waals surface area contributed by atoms with Gasteiger partial charge in [-0.1, -0.05) is 35.5 Å². The minimum absolute atomic E-state index is 0.0519. The zero-order valence-corrected chi connectivity index (χ0v) is 11.2. The summed E-state index contributed by atoms with van der Waals surface area (Å²) in [5, 5.41) is 6.24. The second-order valence-electron chi connectivity index (χ2n) is 4.76. The predicted octanol–water partition coefficient (Wildman–Crippen LogP) is 0.312. The number of amides is 2. The Morgan fingerprint density at radius 1 is 1.29 bits per heavy atom. The lowest BCUT2D eigenvalue weighted by Crippen LogP contribution is -2.53. The largest absolute Gasteiger partial charge is 0.340 e. The van der Waals surface area contributed by atoms with Gasteiger partial charge in [0.1, 0.15) is 6.04 Å². The highest BCUT2D eigenvalue weighted by atomic mass is 16.5. The van der Waals surface area contributed by atoms with Crippen molar-refractivity contribution in [3.8, 4) is 0 Å². The van der Waals surface area contributed by atoms with Crippen molar-refractivity contribution < 1.29 is 14.1 Å². The van der Waals surface area contributed by atoms with Gasteiger partial charge in [0.25, 0.3) is 0 Å². The van der Waals surface area contributed by atoms with Crippen LogP contribution < -0.4 is 5.32 Å². The molecule has 0 saturated carbocycles. The fourth-order valence-electron chi connectivity index (χ4n) is 2.30. The van der Waals surface area contributed by atoms with Crippen molar-refractivity contribution in [1.82, 2.24) is 20.4 Å². The van der Waals surface area contributed by atoms with Crippen molar-refractivity contribution in [3.05, 3.63) is 48.1 Å². The van der Waals surface area contributed by atoms with E-state index in [1.54, 1.807) is 0 Å². The predicted molar refractivity (Wildman–Crippen MR) is 71.9 cm³/mol. The summed E-state index contributed by atoms with van der Waals surface area (Å²) in [5.74, 6) is 0.152. The molecular weight excluding hydrogens is 272 g/mol.